The summed E-state index contributed by atoms with van der Waals surface area (Å²) >= 11 is 1.57. The Hall–Kier alpha value is -0.640. The molecule has 1 unspecified atom stereocenters. The molecule has 1 atom stereocenters. The second-order valence-corrected chi connectivity index (χ2v) is 5.54. The zero-order valence-electron chi connectivity index (χ0n) is 8.79. The maximum atomic E-state index is 3.98. The quantitative estimate of drug-likeness (QED) is 0.835. The number of hydrogen-bond donors (Lipinski definition) is 1. The van der Waals surface area contributed by atoms with Crippen molar-refractivity contribution in [2.45, 2.75) is 33.1 Å². The molecule has 1 saturated carbocycles. The van der Waals surface area contributed by atoms with Crippen molar-refractivity contribution in [3.63, 3.8) is 0 Å². The second kappa shape index (κ2) is 3.85. The molecule has 0 saturated heterocycles. The predicted octanol–water partition coefficient (Wildman–Crippen LogP) is 2.78. The van der Waals surface area contributed by atoms with Crippen LogP contribution in [-0.2, 0) is 0 Å². The molecule has 3 nitrogen and oxygen atoms in total. The van der Waals surface area contributed by atoms with Crippen LogP contribution in [0.25, 0.3) is 0 Å². The summed E-state index contributed by atoms with van der Waals surface area (Å²) in [6.45, 7) is 5.78. The molecule has 4 heteroatoms. The van der Waals surface area contributed by atoms with E-state index in [1.165, 1.54) is 19.3 Å². The van der Waals surface area contributed by atoms with Gasteiger partial charge in [-0.15, -0.1) is 10.2 Å². The lowest BCUT2D eigenvalue weighted by atomic mass is 9.82. The molecule has 0 spiro atoms. The van der Waals surface area contributed by atoms with Crippen molar-refractivity contribution in [3.8, 4) is 0 Å². The first-order valence-electron chi connectivity index (χ1n) is 5.18. The highest BCUT2D eigenvalue weighted by Crippen LogP contribution is 2.42. The smallest absolute Gasteiger partial charge is 0.205 e. The molecule has 0 aliphatic heterocycles. The molecule has 1 aromatic rings. The van der Waals surface area contributed by atoms with Gasteiger partial charge in [0.2, 0.25) is 5.13 Å². The van der Waals surface area contributed by atoms with Crippen LogP contribution in [0.5, 0.6) is 0 Å². The van der Waals surface area contributed by atoms with Gasteiger partial charge >= 0.3 is 0 Å². The first kappa shape index (κ1) is 9.90. The lowest BCUT2D eigenvalue weighted by molar-refractivity contribution is 0.272. The molecule has 78 valence electrons. The number of rotatable bonds is 3. The van der Waals surface area contributed by atoms with Crippen molar-refractivity contribution < 1.29 is 0 Å². The monoisotopic (exact) mass is 211 g/mol. The van der Waals surface area contributed by atoms with Gasteiger partial charge in [0.15, 0.2) is 0 Å². The highest BCUT2D eigenvalue weighted by atomic mass is 32.1. The molecular formula is C10H17N3S. The van der Waals surface area contributed by atoms with Crippen LogP contribution in [0.3, 0.4) is 0 Å². The van der Waals surface area contributed by atoms with Crippen molar-refractivity contribution in [3.05, 3.63) is 5.51 Å². The van der Waals surface area contributed by atoms with Crippen LogP contribution in [0.4, 0.5) is 5.13 Å². The maximum Gasteiger partial charge on any atom is 0.205 e. The minimum atomic E-state index is 0.498. The van der Waals surface area contributed by atoms with Gasteiger partial charge in [0, 0.05) is 6.54 Å². The van der Waals surface area contributed by atoms with Crippen LogP contribution in [0.2, 0.25) is 0 Å². The van der Waals surface area contributed by atoms with Crippen LogP contribution in [0, 0.1) is 11.3 Å². The number of hydrogen-bond acceptors (Lipinski definition) is 4. The minimum Gasteiger partial charge on any atom is -0.360 e. The van der Waals surface area contributed by atoms with E-state index in [-0.39, 0.29) is 0 Å². The third-order valence-electron chi connectivity index (χ3n) is 3.34. The third-order valence-corrected chi connectivity index (χ3v) is 3.99. The average Bonchev–Trinajstić information content (AvgIpc) is 2.71. The van der Waals surface area contributed by atoms with Crippen molar-refractivity contribution in [1.82, 2.24) is 10.2 Å². The van der Waals surface area contributed by atoms with Crippen molar-refractivity contribution in [2.75, 3.05) is 11.9 Å². The fourth-order valence-electron chi connectivity index (χ4n) is 2.24. The summed E-state index contributed by atoms with van der Waals surface area (Å²) in [4.78, 5) is 0. The Balaban J connectivity index is 1.86. The maximum absolute atomic E-state index is 3.98. The standard InChI is InChI=1S/C10H17N3S/c1-10(2)5-3-4-8(10)6-11-9-13-12-7-14-9/h7-8H,3-6H2,1-2H3,(H,11,13). The van der Waals surface area contributed by atoms with Crippen LogP contribution in [0.15, 0.2) is 5.51 Å². The minimum absolute atomic E-state index is 0.498. The van der Waals surface area contributed by atoms with Gasteiger partial charge in [-0.2, -0.15) is 0 Å². The molecule has 1 fully saturated rings. The molecule has 0 radical (unpaired) electrons. The molecule has 1 aromatic heterocycles. The molecule has 0 amide bonds. The van der Waals surface area contributed by atoms with E-state index in [0.717, 1.165) is 17.6 Å². The van der Waals surface area contributed by atoms with Crippen molar-refractivity contribution in [1.29, 1.82) is 0 Å². The van der Waals surface area contributed by atoms with Gasteiger partial charge in [-0.3, -0.25) is 0 Å². The number of aromatic nitrogens is 2. The van der Waals surface area contributed by atoms with Crippen molar-refractivity contribution >= 4 is 16.5 Å². The first-order valence-corrected chi connectivity index (χ1v) is 6.06. The third kappa shape index (κ3) is 2.05. The fourth-order valence-corrected chi connectivity index (χ4v) is 2.69. The summed E-state index contributed by atoms with van der Waals surface area (Å²) in [6.07, 6.45) is 4.07. The summed E-state index contributed by atoms with van der Waals surface area (Å²) in [7, 11) is 0. The Bertz CT molecular complexity index is 282. The van der Waals surface area contributed by atoms with Gasteiger partial charge in [0.05, 0.1) is 0 Å². The first-order chi connectivity index (χ1) is 6.68. The molecule has 0 bridgehead atoms. The summed E-state index contributed by atoms with van der Waals surface area (Å²) in [5, 5.41) is 12.1. The Morgan fingerprint density at radius 2 is 2.50 bits per heavy atom. The van der Waals surface area contributed by atoms with Gasteiger partial charge in [-0.1, -0.05) is 31.6 Å². The van der Waals surface area contributed by atoms with E-state index in [9.17, 15) is 0 Å². The van der Waals surface area contributed by atoms with E-state index in [2.05, 4.69) is 29.4 Å². The fraction of sp³-hybridized carbons (Fsp3) is 0.800. The summed E-state index contributed by atoms with van der Waals surface area (Å²) in [5.41, 5.74) is 2.26. The van der Waals surface area contributed by atoms with E-state index >= 15 is 0 Å². The van der Waals surface area contributed by atoms with Crippen LogP contribution < -0.4 is 5.32 Å². The Kier molecular flexibility index (Phi) is 2.72. The Labute approximate surface area is 88.9 Å². The van der Waals surface area contributed by atoms with Gasteiger partial charge in [0.25, 0.3) is 0 Å². The number of nitrogens with zero attached hydrogens (tertiary/aromatic N) is 2. The largest absolute Gasteiger partial charge is 0.360 e. The summed E-state index contributed by atoms with van der Waals surface area (Å²) in [5.74, 6) is 0.784. The molecule has 2 rings (SSSR count). The molecule has 1 aliphatic rings. The van der Waals surface area contributed by atoms with Gasteiger partial charge in [0.1, 0.15) is 5.51 Å². The summed E-state index contributed by atoms with van der Waals surface area (Å²) in [6, 6.07) is 0. The highest BCUT2D eigenvalue weighted by Gasteiger charge is 2.33. The topological polar surface area (TPSA) is 37.8 Å². The van der Waals surface area contributed by atoms with Gasteiger partial charge < -0.3 is 5.32 Å². The highest BCUT2D eigenvalue weighted by molar-refractivity contribution is 7.13. The lowest BCUT2D eigenvalue weighted by Gasteiger charge is -2.26. The lowest BCUT2D eigenvalue weighted by Crippen LogP contribution is -2.24. The van der Waals surface area contributed by atoms with Gasteiger partial charge in [-0.05, 0) is 24.2 Å². The molecule has 1 aliphatic carbocycles. The van der Waals surface area contributed by atoms with Crippen molar-refractivity contribution in [2.24, 2.45) is 11.3 Å². The Morgan fingerprint density at radius 1 is 1.64 bits per heavy atom. The zero-order valence-corrected chi connectivity index (χ0v) is 9.60. The van der Waals surface area contributed by atoms with Crippen LogP contribution in [0.1, 0.15) is 33.1 Å². The van der Waals surface area contributed by atoms with Crippen LogP contribution >= 0.6 is 11.3 Å². The van der Waals surface area contributed by atoms with E-state index in [1.807, 2.05) is 0 Å². The zero-order chi connectivity index (χ0) is 10.0. The normalized spacial score (nSPS) is 25.1. The van der Waals surface area contributed by atoms with E-state index in [1.54, 1.807) is 16.8 Å². The van der Waals surface area contributed by atoms with E-state index in [4.69, 9.17) is 0 Å². The molecule has 1 heterocycles. The number of anilines is 1. The second-order valence-electron chi connectivity index (χ2n) is 4.70. The van der Waals surface area contributed by atoms with E-state index < -0.39 is 0 Å². The predicted molar refractivity (Wildman–Crippen MR) is 59.5 cm³/mol. The molecular weight excluding hydrogens is 194 g/mol. The van der Waals surface area contributed by atoms with Crippen LogP contribution in [-0.4, -0.2) is 16.7 Å². The SMILES string of the molecule is CC1(C)CCCC1CNc1nncs1. The van der Waals surface area contributed by atoms with Gasteiger partial charge in [-0.25, -0.2) is 0 Å². The van der Waals surface area contributed by atoms with E-state index in [0.29, 0.717) is 5.41 Å². The molecule has 1 N–H and O–H groups in total. The Morgan fingerprint density at radius 3 is 3.07 bits per heavy atom. The molecule has 0 aromatic carbocycles. The molecule has 14 heavy (non-hydrogen) atoms. The average molecular weight is 211 g/mol. The summed E-state index contributed by atoms with van der Waals surface area (Å²) < 4.78 is 0. The number of nitrogens with one attached hydrogen (secondary N) is 1.